The number of fused-ring (bicyclic) bond motifs is 1. The first-order valence-electron chi connectivity index (χ1n) is 6.15. The van der Waals surface area contributed by atoms with Crippen LogP contribution in [0.25, 0.3) is 10.2 Å². The van der Waals surface area contributed by atoms with Gasteiger partial charge in [-0.3, -0.25) is 0 Å². The van der Waals surface area contributed by atoms with Gasteiger partial charge in [-0.15, -0.1) is 11.3 Å². The van der Waals surface area contributed by atoms with Crippen molar-refractivity contribution in [1.82, 2.24) is 4.98 Å². The Kier molecular flexibility index (Phi) is 4.02. The molecule has 7 heteroatoms. The largest absolute Gasteiger partial charge is 0.478 e. The van der Waals surface area contributed by atoms with Gasteiger partial charge in [-0.1, -0.05) is 0 Å². The third-order valence-electron chi connectivity index (χ3n) is 3.16. The molecule has 1 atom stereocenters. The fourth-order valence-electron chi connectivity index (χ4n) is 2.16. The second kappa shape index (κ2) is 5.77. The van der Waals surface area contributed by atoms with E-state index in [2.05, 4.69) is 20.9 Å². The Labute approximate surface area is 127 Å². The maximum absolute atomic E-state index is 11.2. The van der Waals surface area contributed by atoms with Crippen molar-refractivity contribution in [3.8, 4) is 0 Å². The Hall–Kier alpha value is -1.02. The van der Waals surface area contributed by atoms with Gasteiger partial charge in [0.15, 0.2) is 3.92 Å². The maximum Gasteiger partial charge on any atom is 0.335 e. The fourth-order valence-corrected chi connectivity index (χ4v) is 3.64. The number of halogens is 1. The Morgan fingerprint density at radius 3 is 3.15 bits per heavy atom. The molecule has 0 spiro atoms. The molecular weight excluding hydrogens is 346 g/mol. The number of aromatic nitrogens is 1. The lowest BCUT2D eigenvalue weighted by Gasteiger charge is -2.10. The Balaban J connectivity index is 1.91. The van der Waals surface area contributed by atoms with Crippen molar-refractivity contribution in [3.05, 3.63) is 27.2 Å². The smallest absolute Gasteiger partial charge is 0.335 e. The minimum absolute atomic E-state index is 0.0839. The molecule has 1 aromatic heterocycles. The highest BCUT2D eigenvalue weighted by Crippen LogP contribution is 2.30. The Morgan fingerprint density at radius 1 is 1.60 bits per heavy atom. The first-order valence-corrected chi connectivity index (χ1v) is 7.76. The van der Waals surface area contributed by atoms with Crippen LogP contribution in [0.3, 0.4) is 0 Å². The van der Waals surface area contributed by atoms with Gasteiger partial charge in [-0.2, -0.15) is 0 Å². The van der Waals surface area contributed by atoms with Crippen molar-refractivity contribution in [2.45, 2.75) is 19.1 Å². The van der Waals surface area contributed by atoms with Crippen LogP contribution in [-0.4, -0.2) is 35.4 Å². The Bertz CT molecular complexity index is 651. The van der Waals surface area contributed by atoms with E-state index in [1.54, 1.807) is 12.1 Å². The van der Waals surface area contributed by atoms with E-state index in [4.69, 9.17) is 14.6 Å². The molecular formula is C13H12BrNO4S. The van der Waals surface area contributed by atoms with Gasteiger partial charge in [0.25, 0.3) is 0 Å². The van der Waals surface area contributed by atoms with Crippen molar-refractivity contribution >= 4 is 43.5 Å². The van der Waals surface area contributed by atoms with Gasteiger partial charge < -0.3 is 14.6 Å². The van der Waals surface area contributed by atoms with Crippen LogP contribution >= 0.6 is 27.3 Å². The molecule has 0 aliphatic carbocycles. The average molecular weight is 358 g/mol. The number of carboxylic acids is 1. The van der Waals surface area contributed by atoms with E-state index in [0.717, 1.165) is 32.7 Å². The number of rotatable bonds is 4. The van der Waals surface area contributed by atoms with Gasteiger partial charge in [-0.05, 0) is 34.5 Å². The second-order valence-electron chi connectivity index (χ2n) is 4.55. The van der Waals surface area contributed by atoms with E-state index >= 15 is 0 Å². The Morgan fingerprint density at radius 2 is 2.45 bits per heavy atom. The SMILES string of the molecule is O=C(O)c1cc(CO[C@@H]2CCOC2)c2nc(Br)sc2c1. The van der Waals surface area contributed by atoms with Gasteiger partial charge in [0.05, 0.1) is 35.1 Å². The zero-order chi connectivity index (χ0) is 14.1. The quantitative estimate of drug-likeness (QED) is 0.910. The number of hydrogen-bond acceptors (Lipinski definition) is 5. The summed E-state index contributed by atoms with van der Waals surface area (Å²) >= 11 is 4.75. The summed E-state index contributed by atoms with van der Waals surface area (Å²) in [6.45, 7) is 1.67. The topological polar surface area (TPSA) is 68.7 Å². The number of carboxylic acid groups (broad SMARTS) is 1. The van der Waals surface area contributed by atoms with Crippen LogP contribution in [0.1, 0.15) is 22.3 Å². The minimum Gasteiger partial charge on any atom is -0.478 e. The monoisotopic (exact) mass is 357 g/mol. The summed E-state index contributed by atoms with van der Waals surface area (Å²) in [5, 5.41) is 9.17. The minimum atomic E-state index is -0.943. The van der Waals surface area contributed by atoms with Crippen molar-refractivity contribution in [2.24, 2.45) is 0 Å². The predicted molar refractivity (Wildman–Crippen MR) is 78.3 cm³/mol. The molecule has 0 unspecified atom stereocenters. The number of aromatic carboxylic acids is 1. The molecule has 20 heavy (non-hydrogen) atoms. The van der Waals surface area contributed by atoms with Gasteiger partial charge >= 0.3 is 5.97 Å². The number of ether oxygens (including phenoxy) is 2. The molecule has 0 saturated carbocycles. The third kappa shape index (κ3) is 2.85. The maximum atomic E-state index is 11.2. The summed E-state index contributed by atoms with van der Waals surface area (Å²) in [5.41, 5.74) is 1.86. The van der Waals surface area contributed by atoms with Crippen LogP contribution in [0.15, 0.2) is 16.0 Å². The number of thiazole rings is 1. The number of hydrogen-bond donors (Lipinski definition) is 1. The molecule has 1 saturated heterocycles. The van der Waals surface area contributed by atoms with Gasteiger partial charge in [-0.25, -0.2) is 9.78 Å². The first-order chi connectivity index (χ1) is 9.63. The lowest BCUT2D eigenvalue weighted by molar-refractivity contribution is 0.0322. The summed E-state index contributed by atoms with van der Waals surface area (Å²) in [4.78, 5) is 15.6. The normalized spacial score (nSPS) is 18.8. The molecule has 2 aromatic rings. The van der Waals surface area contributed by atoms with Crippen LogP contribution < -0.4 is 0 Å². The summed E-state index contributed by atoms with van der Waals surface area (Å²) in [6, 6.07) is 3.27. The lowest BCUT2D eigenvalue weighted by Crippen LogP contribution is -2.12. The van der Waals surface area contributed by atoms with E-state index in [9.17, 15) is 4.79 Å². The number of carbonyl (C=O) groups is 1. The van der Waals surface area contributed by atoms with Crippen molar-refractivity contribution in [1.29, 1.82) is 0 Å². The van der Waals surface area contributed by atoms with Gasteiger partial charge in [0, 0.05) is 12.2 Å². The van der Waals surface area contributed by atoms with E-state index in [1.807, 2.05) is 0 Å². The molecule has 3 rings (SSSR count). The molecule has 1 N–H and O–H groups in total. The van der Waals surface area contributed by atoms with E-state index in [-0.39, 0.29) is 11.7 Å². The van der Waals surface area contributed by atoms with Crippen LogP contribution in [0.2, 0.25) is 0 Å². The number of nitrogens with zero attached hydrogens (tertiary/aromatic N) is 1. The van der Waals surface area contributed by atoms with Crippen molar-refractivity contribution in [3.63, 3.8) is 0 Å². The summed E-state index contributed by atoms with van der Waals surface area (Å²) in [6.07, 6.45) is 0.961. The van der Waals surface area contributed by atoms with Gasteiger partial charge in [0.1, 0.15) is 0 Å². The highest BCUT2D eigenvalue weighted by atomic mass is 79.9. The molecule has 5 nitrogen and oxygen atoms in total. The first kappa shape index (κ1) is 13.9. The van der Waals surface area contributed by atoms with Crippen LogP contribution in [-0.2, 0) is 16.1 Å². The zero-order valence-electron chi connectivity index (χ0n) is 10.5. The third-order valence-corrected chi connectivity index (χ3v) is 4.61. The van der Waals surface area contributed by atoms with Crippen molar-refractivity contribution < 1.29 is 19.4 Å². The van der Waals surface area contributed by atoms with Crippen LogP contribution in [0.5, 0.6) is 0 Å². The molecule has 0 amide bonds. The van der Waals surface area contributed by atoms with Crippen LogP contribution in [0.4, 0.5) is 0 Å². The molecule has 1 aliphatic heterocycles. The zero-order valence-corrected chi connectivity index (χ0v) is 12.9. The van der Waals surface area contributed by atoms with E-state index in [1.165, 1.54) is 11.3 Å². The van der Waals surface area contributed by atoms with E-state index in [0.29, 0.717) is 13.2 Å². The number of benzene rings is 1. The van der Waals surface area contributed by atoms with Crippen LogP contribution in [0, 0.1) is 0 Å². The predicted octanol–water partition coefficient (Wildman–Crippen LogP) is 3.06. The molecule has 1 fully saturated rings. The second-order valence-corrected chi connectivity index (χ2v) is 6.86. The lowest BCUT2D eigenvalue weighted by atomic mass is 10.1. The fraction of sp³-hybridized carbons (Fsp3) is 0.385. The standard InChI is InChI=1S/C13H12BrNO4S/c14-13-15-11-8(5-19-9-1-2-18-6-9)3-7(12(16)17)4-10(11)20-13/h3-4,9H,1-2,5-6H2,(H,16,17)/t9-/m1/s1. The molecule has 0 bridgehead atoms. The molecule has 0 radical (unpaired) electrons. The summed E-state index contributed by atoms with van der Waals surface area (Å²) in [7, 11) is 0. The van der Waals surface area contributed by atoms with Crippen molar-refractivity contribution in [2.75, 3.05) is 13.2 Å². The molecule has 2 heterocycles. The molecule has 1 aliphatic rings. The average Bonchev–Trinajstić information content (AvgIpc) is 3.03. The summed E-state index contributed by atoms with van der Waals surface area (Å²) < 4.78 is 12.6. The van der Waals surface area contributed by atoms with E-state index < -0.39 is 5.97 Å². The summed E-state index contributed by atoms with van der Waals surface area (Å²) in [5.74, 6) is -0.943. The highest BCUT2D eigenvalue weighted by molar-refractivity contribution is 9.11. The van der Waals surface area contributed by atoms with Gasteiger partial charge in [0.2, 0.25) is 0 Å². The molecule has 1 aromatic carbocycles. The molecule has 106 valence electrons. The highest BCUT2D eigenvalue weighted by Gasteiger charge is 2.18.